The number of nitrogens with one attached hydrogen (secondary N) is 1. The highest BCUT2D eigenvalue weighted by molar-refractivity contribution is 7.89. The Hall–Kier alpha value is -2.65. The summed E-state index contributed by atoms with van der Waals surface area (Å²) in [6.07, 6.45) is 2.00. The van der Waals surface area contributed by atoms with Gasteiger partial charge in [0.15, 0.2) is 6.61 Å². The predicted molar refractivity (Wildman–Crippen MR) is 84.4 cm³/mol. The van der Waals surface area contributed by atoms with Crippen LogP contribution in [0.25, 0.3) is 0 Å². The van der Waals surface area contributed by atoms with Crippen molar-refractivity contribution in [2.24, 2.45) is 5.14 Å². The molecule has 24 heavy (non-hydrogen) atoms. The minimum absolute atomic E-state index is 0.0650. The second-order valence-electron chi connectivity index (χ2n) is 4.86. The van der Waals surface area contributed by atoms with Gasteiger partial charge in [-0.3, -0.25) is 9.59 Å². The van der Waals surface area contributed by atoms with Crippen molar-refractivity contribution in [3.63, 3.8) is 0 Å². The van der Waals surface area contributed by atoms with Crippen LogP contribution in [0.15, 0.2) is 52.0 Å². The van der Waals surface area contributed by atoms with E-state index in [1.807, 2.05) is 0 Å². The zero-order valence-corrected chi connectivity index (χ0v) is 13.4. The van der Waals surface area contributed by atoms with Gasteiger partial charge in [0.2, 0.25) is 10.0 Å². The summed E-state index contributed by atoms with van der Waals surface area (Å²) in [7, 11) is -3.78. The summed E-state index contributed by atoms with van der Waals surface area (Å²) >= 11 is 0. The van der Waals surface area contributed by atoms with Gasteiger partial charge in [-0.05, 0) is 36.4 Å². The second kappa shape index (κ2) is 7.75. The third-order valence-electron chi connectivity index (χ3n) is 2.99. The number of esters is 1. The van der Waals surface area contributed by atoms with Crippen molar-refractivity contribution in [1.29, 1.82) is 0 Å². The predicted octanol–water partition coefficient (Wildman–Crippen LogP) is 1.04. The van der Waals surface area contributed by atoms with E-state index in [0.29, 0.717) is 17.9 Å². The van der Waals surface area contributed by atoms with Gasteiger partial charge in [0.05, 0.1) is 17.6 Å². The summed E-state index contributed by atoms with van der Waals surface area (Å²) in [6.45, 7) is -0.437. The maximum absolute atomic E-state index is 11.7. The normalized spacial score (nSPS) is 11.0. The number of sulfonamides is 1. The first kappa shape index (κ1) is 17.7. The molecular weight excluding hydrogens is 336 g/mol. The van der Waals surface area contributed by atoms with E-state index in [1.54, 1.807) is 12.1 Å². The molecule has 8 nitrogen and oxygen atoms in total. The molecule has 0 radical (unpaired) electrons. The first-order valence-electron chi connectivity index (χ1n) is 6.95. The number of benzene rings is 1. The minimum Gasteiger partial charge on any atom is -0.469 e. The summed E-state index contributed by atoms with van der Waals surface area (Å²) in [5, 5.41) is 7.45. The first-order valence-corrected chi connectivity index (χ1v) is 8.50. The molecular formula is C15H16N2O6S. The van der Waals surface area contributed by atoms with E-state index in [2.05, 4.69) is 5.32 Å². The number of ether oxygens (including phenoxy) is 1. The molecule has 0 fully saturated rings. The van der Waals surface area contributed by atoms with Crippen LogP contribution in [0, 0.1) is 0 Å². The van der Waals surface area contributed by atoms with Crippen molar-refractivity contribution in [2.75, 3.05) is 11.9 Å². The Morgan fingerprint density at radius 2 is 1.88 bits per heavy atom. The van der Waals surface area contributed by atoms with Crippen LogP contribution in [-0.4, -0.2) is 26.9 Å². The Kier molecular flexibility index (Phi) is 5.72. The van der Waals surface area contributed by atoms with Crippen LogP contribution in [0.1, 0.15) is 12.2 Å². The molecule has 0 aliphatic carbocycles. The Labute approximate surface area is 138 Å². The Bertz CT molecular complexity index is 797. The van der Waals surface area contributed by atoms with Gasteiger partial charge >= 0.3 is 5.97 Å². The third-order valence-corrected chi connectivity index (χ3v) is 3.92. The summed E-state index contributed by atoms with van der Waals surface area (Å²) in [4.78, 5) is 23.1. The van der Waals surface area contributed by atoms with Crippen LogP contribution in [0.4, 0.5) is 5.69 Å². The molecule has 9 heteroatoms. The van der Waals surface area contributed by atoms with E-state index in [9.17, 15) is 18.0 Å². The molecule has 2 rings (SSSR count). The van der Waals surface area contributed by atoms with Gasteiger partial charge in [0.25, 0.3) is 5.91 Å². The molecule has 1 aromatic heterocycles. The smallest absolute Gasteiger partial charge is 0.306 e. The van der Waals surface area contributed by atoms with Crippen LogP contribution in [-0.2, 0) is 30.8 Å². The molecule has 0 aliphatic rings. The molecule has 0 unspecified atom stereocenters. The van der Waals surface area contributed by atoms with Gasteiger partial charge in [-0.1, -0.05) is 0 Å². The van der Waals surface area contributed by atoms with E-state index >= 15 is 0 Å². The highest BCUT2D eigenvalue weighted by Gasteiger charge is 2.10. The van der Waals surface area contributed by atoms with Gasteiger partial charge in [-0.15, -0.1) is 0 Å². The molecule has 0 saturated heterocycles. The van der Waals surface area contributed by atoms with Crippen molar-refractivity contribution in [2.45, 2.75) is 17.7 Å². The summed E-state index contributed by atoms with van der Waals surface area (Å²) < 4.78 is 32.2. The molecule has 0 atom stereocenters. The molecule has 0 spiro atoms. The Morgan fingerprint density at radius 1 is 1.17 bits per heavy atom. The number of aryl methyl sites for hydroxylation is 1. The van der Waals surface area contributed by atoms with E-state index in [0.717, 1.165) is 0 Å². The maximum Gasteiger partial charge on any atom is 0.306 e. The molecule has 128 valence electrons. The molecule has 0 saturated carbocycles. The maximum atomic E-state index is 11.7. The number of furan rings is 1. The van der Waals surface area contributed by atoms with E-state index < -0.39 is 28.5 Å². The Morgan fingerprint density at radius 3 is 2.46 bits per heavy atom. The fraction of sp³-hybridized carbons (Fsp3) is 0.200. The summed E-state index contributed by atoms with van der Waals surface area (Å²) in [5.41, 5.74) is 0.360. The van der Waals surface area contributed by atoms with E-state index in [4.69, 9.17) is 14.3 Å². The number of hydrogen-bond acceptors (Lipinski definition) is 6. The van der Waals surface area contributed by atoms with Crippen molar-refractivity contribution in [3.8, 4) is 0 Å². The number of nitrogens with two attached hydrogens (primary N) is 1. The monoisotopic (exact) mass is 352 g/mol. The van der Waals surface area contributed by atoms with Crippen LogP contribution < -0.4 is 10.5 Å². The fourth-order valence-electron chi connectivity index (χ4n) is 1.82. The lowest BCUT2D eigenvalue weighted by molar-refractivity contribution is -0.147. The first-order chi connectivity index (χ1) is 11.3. The quantitative estimate of drug-likeness (QED) is 0.716. The Balaban J connectivity index is 1.75. The highest BCUT2D eigenvalue weighted by atomic mass is 32.2. The lowest BCUT2D eigenvalue weighted by atomic mass is 10.2. The summed E-state index contributed by atoms with van der Waals surface area (Å²) in [5.74, 6) is -0.401. The molecule has 0 aliphatic heterocycles. The highest BCUT2D eigenvalue weighted by Crippen LogP contribution is 2.12. The second-order valence-corrected chi connectivity index (χ2v) is 6.42. The van der Waals surface area contributed by atoms with Crippen molar-refractivity contribution in [3.05, 3.63) is 48.4 Å². The molecule has 0 bridgehead atoms. The van der Waals surface area contributed by atoms with Crippen LogP contribution >= 0.6 is 0 Å². The summed E-state index contributed by atoms with van der Waals surface area (Å²) in [6, 6.07) is 8.76. The number of amides is 1. The number of rotatable bonds is 7. The molecule has 1 amide bonds. The van der Waals surface area contributed by atoms with Crippen LogP contribution in [0.3, 0.4) is 0 Å². The molecule has 1 heterocycles. The average Bonchev–Trinajstić information content (AvgIpc) is 3.04. The average molecular weight is 352 g/mol. The standard InChI is InChI=1S/C15H16N2O6S/c16-24(20,21)13-6-3-11(4-7-13)17-14(18)10-23-15(19)8-5-12-2-1-9-22-12/h1-4,6-7,9H,5,8,10H2,(H,17,18)(H2,16,20,21). The number of primary sulfonamides is 1. The minimum atomic E-state index is -3.78. The van der Waals surface area contributed by atoms with E-state index in [1.165, 1.54) is 30.5 Å². The zero-order chi connectivity index (χ0) is 17.6. The van der Waals surface area contributed by atoms with Gasteiger partial charge < -0.3 is 14.5 Å². The SMILES string of the molecule is NS(=O)(=O)c1ccc(NC(=O)COC(=O)CCc2ccco2)cc1. The lowest BCUT2D eigenvalue weighted by Crippen LogP contribution is -2.21. The lowest BCUT2D eigenvalue weighted by Gasteiger charge is -2.07. The largest absolute Gasteiger partial charge is 0.469 e. The number of carbonyl (C=O) groups excluding carboxylic acids is 2. The van der Waals surface area contributed by atoms with Gasteiger partial charge in [0, 0.05) is 12.1 Å². The molecule has 3 N–H and O–H groups in total. The topological polar surface area (TPSA) is 129 Å². The van der Waals surface area contributed by atoms with Gasteiger partial charge in [-0.25, -0.2) is 13.6 Å². The van der Waals surface area contributed by atoms with Crippen LogP contribution in [0.5, 0.6) is 0 Å². The third kappa shape index (κ3) is 5.52. The van der Waals surface area contributed by atoms with Crippen molar-refractivity contribution >= 4 is 27.6 Å². The molecule has 2 aromatic rings. The van der Waals surface area contributed by atoms with E-state index in [-0.39, 0.29) is 11.3 Å². The van der Waals surface area contributed by atoms with Gasteiger partial charge in [-0.2, -0.15) is 0 Å². The van der Waals surface area contributed by atoms with Crippen molar-refractivity contribution in [1.82, 2.24) is 0 Å². The van der Waals surface area contributed by atoms with Crippen LogP contribution in [0.2, 0.25) is 0 Å². The molecule has 1 aromatic carbocycles. The fourth-order valence-corrected chi connectivity index (χ4v) is 2.34. The zero-order valence-electron chi connectivity index (χ0n) is 12.6. The number of carbonyl (C=O) groups is 2. The number of hydrogen-bond donors (Lipinski definition) is 2. The van der Waals surface area contributed by atoms with Gasteiger partial charge in [0.1, 0.15) is 5.76 Å². The van der Waals surface area contributed by atoms with Crippen molar-refractivity contribution < 1.29 is 27.2 Å². The number of anilines is 1.